The Kier molecular flexibility index (Phi) is 4.22. The first-order chi connectivity index (χ1) is 9.11. The minimum absolute atomic E-state index is 0.358. The molecule has 1 N–H and O–H groups in total. The summed E-state index contributed by atoms with van der Waals surface area (Å²) in [4.78, 5) is 0. The number of benzene rings is 2. The van der Waals surface area contributed by atoms with Gasteiger partial charge in [-0.15, -0.1) is 0 Å². The van der Waals surface area contributed by atoms with Crippen LogP contribution < -0.4 is 5.32 Å². The first-order valence-electron chi connectivity index (χ1n) is 6.05. The van der Waals surface area contributed by atoms with Crippen molar-refractivity contribution in [2.24, 2.45) is 0 Å². The molecule has 4 heteroatoms. The predicted octanol–water partition coefficient (Wildman–Crippen LogP) is 3.80. The van der Waals surface area contributed by atoms with E-state index < -0.39 is 11.6 Å². The van der Waals surface area contributed by atoms with E-state index in [1.807, 2.05) is 6.92 Å². The normalized spacial score (nSPS) is 12.4. The van der Waals surface area contributed by atoms with Gasteiger partial charge < -0.3 is 5.32 Å². The summed E-state index contributed by atoms with van der Waals surface area (Å²) < 4.78 is 39.5. The van der Waals surface area contributed by atoms with Crippen molar-refractivity contribution < 1.29 is 13.2 Å². The van der Waals surface area contributed by atoms with Crippen molar-refractivity contribution in [3.05, 3.63) is 71.0 Å². The topological polar surface area (TPSA) is 12.0 Å². The van der Waals surface area contributed by atoms with Crippen molar-refractivity contribution in [2.45, 2.75) is 13.0 Å². The molecule has 19 heavy (non-hydrogen) atoms. The van der Waals surface area contributed by atoms with Gasteiger partial charge >= 0.3 is 0 Å². The van der Waals surface area contributed by atoms with Gasteiger partial charge in [-0.2, -0.15) is 0 Å². The third kappa shape index (κ3) is 3.15. The highest BCUT2D eigenvalue weighted by Gasteiger charge is 2.15. The Labute approximate surface area is 110 Å². The first-order valence-corrected chi connectivity index (χ1v) is 6.05. The lowest BCUT2D eigenvalue weighted by molar-refractivity contribution is 0.503. The molecule has 0 amide bonds. The summed E-state index contributed by atoms with van der Waals surface area (Å²) in [5.41, 5.74) is 1.24. The Morgan fingerprint density at radius 2 is 1.68 bits per heavy atom. The van der Waals surface area contributed by atoms with Crippen molar-refractivity contribution >= 4 is 0 Å². The molecule has 2 rings (SSSR count). The Morgan fingerprint density at radius 3 is 2.32 bits per heavy atom. The SMILES string of the molecule is CCNC(c1cccc(F)c1)c1ccc(F)c(F)c1. The largest absolute Gasteiger partial charge is 0.307 e. The molecule has 0 spiro atoms. The molecule has 0 aliphatic carbocycles. The van der Waals surface area contributed by atoms with Crippen molar-refractivity contribution in [1.29, 1.82) is 0 Å². The van der Waals surface area contributed by atoms with Gasteiger partial charge in [0.2, 0.25) is 0 Å². The maximum Gasteiger partial charge on any atom is 0.159 e. The van der Waals surface area contributed by atoms with Crippen LogP contribution in [0.4, 0.5) is 13.2 Å². The standard InChI is InChI=1S/C15H14F3N/c1-2-19-15(10-4-3-5-12(16)8-10)11-6-7-13(17)14(18)9-11/h3-9,15,19H,2H2,1H3. The number of rotatable bonds is 4. The Balaban J connectivity index is 2.42. The Hall–Kier alpha value is -1.81. The van der Waals surface area contributed by atoms with Gasteiger partial charge in [-0.1, -0.05) is 25.1 Å². The zero-order valence-electron chi connectivity index (χ0n) is 10.5. The van der Waals surface area contributed by atoms with Crippen LogP contribution in [0.2, 0.25) is 0 Å². The molecule has 1 nitrogen and oxygen atoms in total. The van der Waals surface area contributed by atoms with E-state index in [0.29, 0.717) is 17.7 Å². The second-order valence-electron chi connectivity index (χ2n) is 4.22. The third-order valence-electron chi connectivity index (χ3n) is 2.87. The van der Waals surface area contributed by atoms with Gasteiger partial charge in [0, 0.05) is 0 Å². The highest BCUT2D eigenvalue weighted by atomic mass is 19.2. The fourth-order valence-corrected chi connectivity index (χ4v) is 2.01. The molecule has 0 aliphatic rings. The summed E-state index contributed by atoms with van der Waals surface area (Å²) >= 11 is 0. The molecule has 0 heterocycles. The van der Waals surface area contributed by atoms with Crippen LogP contribution in [-0.4, -0.2) is 6.54 Å². The van der Waals surface area contributed by atoms with Crippen molar-refractivity contribution in [3.8, 4) is 0 Å². The fourth-order valence-electron chi connectivity index (χ4n) is 2.01. The second kappa shape index (κ2) is 5.89. The summed E-state index contributed by atoms with van der Waals surface area (Å²) in [6.45, 7) is 2.52. The van der Waals surface area contributed by atoms with Gasteiger partial charge in [0.15, 0.2) is 11.6 Å². The predicted molar refractivity (Wildman–Crippen MR) is 68.3 cm³/mol. The monoisotopic (exact) mass is 265 g/mol. The van der Waals surface area contributed by atoms with Crippen LogP contribution in [0, 0.1) is 17.5 Å². The summed E-state index contributed by atoms with van der Waals surface area (Å²) in [5, 5.41) is 3.13. The average molecular weight is 265 g/mol. The van der Waals surface area contributed by atoms with E-state index in [1.54, 1.807) is 12.1 Å². The zero-order chi connectivity index (χ0) is 13.8. The van der Waals surface area contributed by atoms with Crippen LogP contribution in [0.3, 0.4) is 0 Å². The summed E-state index contributed by atoms with van der Waals surface area (Å²) in [7, 11) is 0. The third-order valence-corrected chi connectivity index (χ3v) is 2.87. The number of halogens is 3. The lowest BCUT2D eigenvalue weighted by Crippen LogP contribution is -2.22. The second-order valence-corrected chi connectivity index (χ2v) is 4.22. The van der Waals surface area contributed by atoms with E-state index in [2.05, 4.69) is 5.32 Å². The van der Waals surface area contributed by atoms with Crippen molar-refractivity contribution in [3.63, 3.8) is 0 Å². The maximum absolute atomic E-state index is 13.3. The lowest BCUT2D eigenvalue weighted by Gasteiger charge is -2.19. The van der Waals surface area contributed by atoms with Gasteiger partial charge in [-0.25, -0.2) is 13.2 Å². The molecule has 1 atom stereocenters. The molecule has 100 valence electrons. The molecule has 1 unspecified atom stereocenters. The molecule has 2 aromatic carbocycles. The van der Waals surface area contributed by atoms with E-state index in [9.17, 15) is 13.2 Å². The number of nitrogens with one attached hydrogen (secondary N) is 1. The van der Waals surface area contributed by atoms with Crippen LogP contribution in [0.25, 0.3) is 0 Å². The molecular formula is C15H14F3N. The maximum atomic E-state index is 13.3. The molecular weight excluding hydrogens is 251 g/mol. The van der Waals surface area contributed by atoms with Gasteiger partial charge in [-0.3, -0.25) is 0 Å². The number of hydrogen-bond acceptors (Lipinski definition) is 1. The van der Waals surface area contributed by atoms with Crippen LogP contribution in [-0.2, 0) is 0 Å². The lowest BCUT2D eigenvalue weighted by atomic mass is 9.98. The highest BCUT2D eigenvalue weighted by molar-refractivity contribution is 5.32. The smallest absolute Gasteiger partial charge is 0.159 e. The van der Waals surface area contributed by atoms with E-state index in [1.165, 1.54) is 18.2 Å². The quantitative estimate of drug-likeness (QED) is 0.886. The average Bonchev–Trinajstić information content (AvgIpc) is 2.39. The Bertz CT molecular complexity index is 569. The van der Waals surface area contributed by atoms with Crippen molar-refractivity contribution in [1.82, 2.24) is 5.32 Å². The Morgan fingerprint density at radius 1 is 0.947 bits per heavy atom. The molecule has 0 saturated heterocycles. The van der Waals surface area contributed by atoms with Gasteiger partial charge in [0.1, 0.15) is 5.82 Å². The van der Waals surface area contributed by atoms with Gasteiger partial charge in [0.25, 0.3) is 0 Å². The van der Waals surface area contributed by atoms with Crippen LogP contribution >= 0.6 is 0 Å². The van der Waals surface area contributed by atoms with E-state index in [0.717, 1.165) is 12.1 Å². The van der Waals surface area contributed by atoms with E-state index >= 15 is 0 Å². The number of hydrogen-bond donors (Lipinski definition) is 1. The molecule has 0 aromatic heterocycles. The van der Waals surface area contributed by atoms with Crippen LogP contribution in [0.1, 0.15) is 24.1 Å². The highest BCUT2D eigenvalue weighted by Crippen LogP contribution is 2.24. The molecule has 0 saturated carbocycles. The summed E-state index contributed by atoms with van der Waals surface area (Å²) in [5.74, 6) is -2.15. The van der Waals surface area contributed by atoms with E-state index in [-0.39, 0.29) is 11.9 Å². The van der Waals surface area contributed by atoms with Crippen LogP contribution in [0.15, 0.2) is 42.5 Å². The zero-order valence-corrected chi connectivity index (χ0v) is 10.5. The summed E-state index contributed by atoms with van der Waals surface area (Å²) in [6.07, 6.45) is 0. The van der Waals surface area contributed by atoms with E-state index in [4.69, 9.17) is 0 Å². The van der Waals surface area contributed by atoms with Crippen molar-refractivity contribution in [2.75, 3.05) is 6.54 Å². The minimum Gasteiger partial charge on any atom is -0.307 e. The van der Waals surface area contributed by atoms with Gasteiger partial charge in [-0.05, 0) is 41.9 Å². The van der Waals surface area contributed by atoms with Crippen LogP contribution in [0.5, 0.6) is 0 Å². The molecule has 0 aliphatic heterocycles. The molecule has 2 aromatic rings. The first kappa shape index (κ1) is 13.6. The molecule has 0 fully saturated rings. The minimum atomic E-state index is -0.906. The summed E-state index contributed by atoms with van der Waals surface area (Å²) in [6, 6.07) is 9.41. The van der Waals surface area contributed by atoms with Gasteiger partial charge in [0.05, 0.1) is 6.04 Å². The molecule has 0 bridgehead atoms. The molecule has 0 radical (unpaired) electrons. The fraction of sp³-hybridized carbons (Fsp3) is 0.200.